The molecule has 0 heterocycles. The highest BCUT2D eigenvalue weighted by atomic mass is 14.8. The molecule has 2 aliphatic rings. The van der Waals surface area contributed by atoms with Crippen LogP contribution in [0.1, 0.15) is 49.3 Å². The van der Waals surface area contributed by atoms with Crippen LogP contribution in [0.5, 0.6) is 0 Å². The molecule has 0 aromatic heterocycles. The first-order chi connectivity index (χ1) is 10.0. The van der Waals surface area contributed by atoms with Crippen LogP contribution >= 0.6 is 0 Å². The Morgan fingerprint density at radius 2 is 1.57 bits per heavy atom. The van der Waals surface area contributed by atoms with Gasteiger partial charge in [-0.1, -0.05) is 80.6 Å². The summed E-state index contributed by atoms with van der Waals surface area (Å²) in [5.74, 6) is 1.08. The van der Waals surface area contributed by atoms with Crippen molar-refractivity contribution < 1.29 is 0 Å². The maximum absolute atomic E-state index is 4.32. The monoisotopic (exact) mass is 274 g/mol. The molecule has 106 valence electrons. The van der Waals surface area contributed by atoms with Crippen LogP contribution in [0.3, 0.4) is 0 Å². The first-order valence-corrected chi connectivity index (χ1v) is 7.82. The largest absolute Gasteiger partial charge is 0.0995 e. The second kappa shape index (κ2) is 3.88. The third kappa shape index (κ3) is 1.31. The molecule has 0 amide bonds. The minimum absolute atomic E-state index is 0.245. The van der Waals surface area contributed by atoms with Crippen LogP contribution in [0.15, 0.2) is 66.7 Å². The van der Waals surface area contributed by atoms with E-state index in [0.29, 0.717) is 11.8 Å². The standard InChI is InChI=1S/C21H22/c1-14(2)18-16-12-8-9-13-17(16)20(3)19(21(18,20)4)15-10-6-5-7-11-15/h5-13,18-19H,1H2,2-4H3/t18-,19-,20+,21-/m0/s1. The fourth-order valence-electron chi connectivity index (χ4n) is 5.39. The molecule has 0 radical (unpaired) electrons. The highest BCUT2D eigenvalue weighted by Gasteiger charge is 2.78. The van der Waals surface area contributed by atoms with Crippen LogP contribution in [0.2, 0.25) is 0 Å². The summed E-state index contributed by atoms with van der Waals surface area (Å²) < 4.78 is 0. The summed E-state index contributed by atoms with van der Waals surface area (Å²) in [5, 5.41) is 0. The molecule has 0 spiro atoms. The van der Waals surface area contributed by atoms with Crippen LogP contribution in [-0.4, -0.2) is 0 Å². The van der Waals surface area contributed by atoms with Gasteiger partial charge < -0.3 is 0 Å². The third-order valence-electron chi connectivity index (χ3n) is 6.27. The van der Waals surface area contributed by atoms with Crippen LogP contribution in [-0.2, 0) is 5.41 Å². The van der Waals surface area contributed by atoms with Gasteiger partial charge in [-0.2, -0.15) is 0 Å². The topological polar surface area (TPSA) is 0 Å². The fourth-order valence-corrected chi connectivity index (χ4v) is 5.39. The molecule has 0 saturated heterocycles. The van der Waals surface area contributed by atoms with Gasteiger partial charge in [0.05, 0.1) is 0 Å². The SMILES string of the molecule is C=C(C)[C@H]1c2ccccc2[C@]2(C)[C@H](c3ccccc3)[C@]12C. The van der Waals surface area contributed by atoms with Crippen molar-refractivity contribution in [3.63, 3.8) is 0 Å². The zero-order valence-electron chi connectivity index (χ0n) is 13.1. The van der Waals surface area contributed by atoms with Crippen molar-refractivity contribution in [3.05, 3.63) is 83.4 Å². The van der Waals surface area contributed by atoms with E-state index in [1.165, 1.54) is 22.3 Å². The van der Waals surface area contributed by atoms with Crippen molar-refractivity contribution in [3.8, 4) is 0 Å². The Morgan fingerprint density at radius 1 is 0.952 bits per heavy atom. The molecule has 2 aromatic rings. The lowest BCUT2D eigenvalue weighted by Gasteiger charge is -2.24. The lowest BCUT2D eigenvalue weighted by Crippen LogP contribution is -2.12. The summed E-state index contributed by atoms with van der Waals surface area (Å²) in [7, 11) is 0. The smallest absolute Gasteiger partial charge is 0.0114 e. The fraction of sp³-hybridized carbons (Fsp3) is 0.333. The van der Waals surface area contributed by atoms with Crippen LogP contribution < -0.4 is 0 Å². The van der Waals surface area contributed by atoms with Crippen molar-refractivity contribution in [2.24, 2.45) is 5.41 Å². The van der Waals surface area contributed by atoms with Gasteiger partial charge in [-0.3, -0.25) is 0 Å². The molecule has 1 fully saturated rings. The molecular formula is C21H22. The van der Waals surface area contributed by atoms with Gasteiger partial charge in [0, 0.05) is 17.3 Å². The van der Waals surface area contributed by atoms with Gasteiger partial charge in [-0.15, -0.1) is 0 Å². The Morgan fingerprint density at radius 3 is 2.24 bits per heavy atom. The van der Waals surface area contributed by atoms with E-state index in [1.54, 1.807) is 0 Å². The minimum atomic E-state index is 0.245. The lowest BCUT2D eigenvalue weighted by atomic mass is 9.79. The molecule has 0 bridgehead atoms. The normalized spacial score (nSPS) is 36.0. The molecule has 0 aliphatic heterocycles. The average Bonchev–Trinajstić information content (AvgIpc) is 2.89. The zero-order valence-corrected chi connectivity index (χ0v) is 13.1. The quantitative estimate of drug-likeness (QED) is 0.641. The Bertz CT molecular complexity index is 727. The highest BCUT2D eigenvalue weighted by Crippen LogP contribution is 2.84. The molecule has 4 rings (SSSR count). The third-order valence-corrected chi connectivity index (χ3v) is 6.27. The zero-order chi connectivity index (χ0) is 14.8. The van der Waals surface area contributed by atoms with Crippen molar-refractivity contribution in [2.45, 2.75) is 38.0 Å². The maximum atomic E-state index is 4.32. The molecule has 2 aromatic carbocycles. The predicted molar refractivity (Wildman–Crippen MR) is 88.6 cm³/mol. The van der Waals surface area contributed by atoms with E-state index in [2.05, 4.69) is 81.9 Å². The minimum Gasteiger partial charge on any atom is -0.0995 e. The summed E-state index contributed by atoms with van der Waals surface area (Å²) in [6.45, 7) is 11.4. The van der Waals surface area contributed by atoms with Gasteiger partial charge in [0.25, 0.3) is 0 Å². The number of hydrogen-bond donors (Lipinski definition) is 0. The molecule has 0 heteroatoms. The highest BCUT2D eigenvalue weighted by molar-refractivity contribution is 5.63. The van der Waals surface area contributed by atoms with Crippen molar-refractivity contribution >= 4 is 0 Å². The molecule has 1 saturated carbocycles. The predicted octanol–water partition coefficient (Wildman–Crippen LogP) is 5.42. The van der Waals surface area contributed by atoms with Crippen LogP contribution in [0, 0.1) is 5.41 Å². The summed E-state index contributed by atoms with van der Waals surface area (Å²) >= 11 is 0. The van der Waals surface area contributed by atoms with Gasteiger partial charge in [0.2, 0.25) is 0 Å². The second-order valence-electron chi connectivity index (χ2n) is 7.20. The summed E-state index contributed by atoms with van der Waals surface area (Å²) in [5.41, 5.74) is 6.32. The Labute approximate surface area is 127 Å². The van der Waals surface area contributed by atoms with E-state index < -0.39 is 0 Å². The summed E-state index contributed by atoms with van der Waals surface area (Å²) in [6.07, 6.45) is 0. The molecular weight excluding hydrogens is 252 g/mol. The number of benzene rings is 2. The Hall–Kier alpha value is -1.82. The van der Waals surface area contributed by atoms with Gasteiger partial charge in [-0.05, 0) is 29.0 Å². The molecule has 21 heavy (non-hydrogen) atoms. The molecule has 0 N–H and O–H groups in total. The molecule has 0 unspecified atom stereocenters. The van der Waals surface area contributed by atoms with E-state index in [1.807, 2.05) is 0 Å². The lowest BCUT2D eigenvalue weighted by molar-refractivity contribution is 0.449. The van der Waals surface area contributed by atoms with E-state index >= 15 is 0 Å². The first-order valence-electron chi connectivity index (χ1n) is 7.82. The Balaban J connectivity index is 1.94. The maximum Gasteiger partial charge on any atom is 0.0114 e. The van der Waals surface area contributed by atoms with Crippen molar-refractivity contribution in [2.75, 3.05) is 0 Å². The number of rotatable bonds is 2. The number of fused-ring (bicyclic) bond motifs is 3. The van der Waals surface area contributed by atoms with Crippen molar-refractivity contribution in [1.82, 2.24) is 0 Å². The van der Waals surface area contributed by atoms with E-state index in [0.717, 1.165) is 0 Å². The van der Waals surface area contributed by atoms with Gasteiger partial charge in [0.15, 0.2) is 0 Å². The van der Waals surface area contributed by atoms with E-state index in [-0.39, 0.29) is 10.8 Å². The van der Waals surface area contributed by atoms with E-state index in [9.17, 15) is 0 Å². The number of allylic oxidation sites excluding steroid dienone is 1. The number of hydrogen-bond acceptors (Lipinski definition) is 0. The van der Waals surface area contributed by atoms with E-state index in [4.69, 9.17) is 0 Å². The molecule has 0 nitrogen and oxygen atoms in total. The Kier molecular flexibility index (Phi) is 2.38. The average molecular weight is 274 g/mol. The molecule has 4 atom stereocenters. The van der Waals surface area contributed by atoms with Crippen molar-refractivity contribution in [1.29, 1.82) is 0 Å². The first kappa shape index (κ1) is 12.9. The molecule has 2 aliphatic carbocycles. The van der Waals surface area contributed by atoms with Crippen LogP contribution in [0.4, 0.5) is 0 Å². The summed E-state index contributed by atoms with van der Waals surface area (Å²) in [6, 6.07) is 20.0. The summed E-state index contributed by atoms with van der Waals surface area (Å²) in [4.78, 5) is 0. The second-order valence-corrected chi connectivity index (χ2v) is 7.20. The van der Waals surface area contributed by atoms with Crippen LogP contribution in [0.25, 0.3) is 0 Å². The van der Waals surface area contributed by atoms with Gasteiger partial charge >= 0.3 is 0 Å². The van der Waals surface area contributed by atoms with Gasteiger partial charge in [-0.25, -0.2) is 0 Å². The van der Waals surface area contributed by atoms with Gasteiger partial charge in [0.1, 0.15) is 0 Å².